The van der Waals surface area contributed by atoms with Crippen molar-refractivity contribution in [2.24, 2.45) is 5.92 Å². The number of piperidine rings is 1. The van der Waals surface area contributed by atoms with Gasteiger partial charge in [0, 0.05) is 42.3 Å². The van der Waals surface area contributed by atoms with E-state index >= 15 is 0 Å². The molecule has 1 spiro atoms. The number of benzene rings is 1. The van der Waals surface area contributed by atoms with Crippen molar-refractivity contribution in [1.82, 2.24) is 10.3 Å². The fourth-order valence-corrected chi connectivity index (χ4v) is 4.36. The number of nitrogens with one attached hydrogen (secondary N) is 1. The summed E-state index contributed by atoms with van der Waals surface area (Å²) in [4.78, 5) is 29.5. The van der Waals surface area contributed by atoms with Crippen molar-refractivity contribution in [2.45, 2.75) is 31.7 Å². The number of carbonyl (C=O) groups excluding carboxylic acids is 1. The van der Waals surface area contributed by atoms with Crippen LogP contribution in [0.5, 0.6) is 0 Å². The van der Waals surface area contributed by atoms with E-state index in [1.807, 2.05) is 4.90 Å². The van der Waals surface area contributed by atoms with Gasteiger partial charge in [0.05, 0.1) is 11.5 Å². The zero-order valence-corrected chi connectivity index (χ0v) is 14.8. The highest BCUT2D eigenvalue weighted by atomic mass is 19.1. The Balaban J connectivity index is 1.68. The first-order chi connectivity index (χ1) is 12.8. The van der Waals surface area contributed by atoms with Crippen LogP contribution in [0.1, 0.15) is 25.0 Å². The highest BCUT2D eigenvalue weighted by Crippen LogP contribution is 2.39. The lowest BCUT2D eigenvalue weighted by atomic mass is 9.77. The molecular formula is C19H19F2N3O3. The van der Waals surface area contributed by atoms with Gasteiger partial charge in [0.15, 0.2) is 5.82 Å². The summed E-state index contributed by atoms with van der Waals surface area (Å²) in [6.45, 7) is 2.69. The Kier molecular flexibility index (Phi) is 4.01. The second kappa shape index (κ2) is 6.14. The van der Waals surface area contributed by atoms with Gasteiger partial charge < -0.3 is 15.3 Å². The minimum atomic E-state index is -0.976. The van der Waals surface area contributed by atoms with E-state index in [9.17, 15) is 23.5 Å². The van der Waals surface area contributed by atoms with Gasteiger partial charge in [-0.05, 0) is 31.9 Å². The standard InChI is InChI=1S/C19H19F2N3O3/c1-10-6-15(12-7-11(20)8-14(21)17(12)22-10)24-4-2-19(3-5-24)13(18(26)27)9-16(25)23-19/h6-8,13H,2-5,9H2,1H3,(H,23,25)(H,26,27). The number of carboxylic acids is 1. The Hall–Kier alpha value is -2.77. The molecule has 1 amide bonds. The molecule has 2 saturated heterocycles. The number of aryl methyl sites for hydroxylation is 1. The van der Waals surface area contributed by atoms with Crippen LogP contribution in [0.15, 0.2) is 18.2 Å². The summed E-state index contributed by atoms with van der Waals surface area (Å²) in [5.41, 5.74) is 0.639. The van der Waals surface area contributed by atoms with E-state index in [0.717, 1.165) is 6.07 Å². The van der Waals surface area contributed by atoms with Crippen LogP contribution in [-0.4, -0.2) is 40.6 Å². The summed E-state index contributed by atoms with van der Waals surface area (Å²) >= 11 is 0. The van der Waals surface area contributed by atoms with Crippen LogP contribution < -0.4 is 10.2 Å². The third-order valence-electron chi connectivity index (χ3n) is 5.68. The van der Waals surface area contributed by atoms with Gasteiger partial charge in [-0.3, -0.25) is 9.59 Å². The van der Waals surface area contributed by atoms with Crippen LogP contribution >= 0.6 is 0 Å². The van der Waals surface area contributed by atoms with E-state index in [-0.39, 0.29) is 17.8 Å². The number of pyridine rings is 1. The third-order valence-corrected chi connectivity index (χ3v) is 5.68. The van der Waals surface area contributed by atoms with Crippen LogP contribution in [0.3, 0.4) is 0 Å². The van der Waals surface area contributed by atoms with Crippen LogP contribution in [0.4, 0.5) is 14.5 Å². The number of aliphatic carboxylic acids is 1. The zero-order chi connectivity index (χ0) is 19.3. The average Bonchev–Trinajstić information content (AvgIpc) is 2.92. The highest BCUT2D eigenvalue weighted by molar-refractivity contribution is 5.93. The highest BCUT2D eigenvalue weighted by Gasteiger charge is 2.51. The van der Waals surface area contributed by atoms with Crippen molar-refractivity contribution in [2.75, 3.05) is 18.0 Å². The molecule has 3 heterocycles. The van der Waals surface area contributed by atoms with Crippen molar-refractivity contribution in [3.05, 3.63) is 35.5 Å². The molecule has 8 heteroatoms. The zero-order valence-electron chi connectivity index (χ0n) is 14.8. The lowest BCUT2D eigenvalue weighted by molar-refractivity contribution is -0.144. The van der Waals surface area contributed by atoms with E-state index in [2.05, 4.69) is 10.3 Å². The fourth-order valence-electron chi connectivity index (χ4n) is 4.36. The summed E-state index contributed by atoms with van der Waals surface area (Å²) in [7, 11) is 0. The lowest BCUT2D eigenvalue weighted by Crippen LogP contribution is -2.55. The van der Waals surface area contributed by atoms with Gasteiger partial charge >= 0.3 is 5.97 Å². The summed E-state index contributed by atoms with van der Waals surface area (Å²) in [6.07, 6.45) is 0.899. The number of hydrogen-bond donors (Lipinski definition) is 2. The normalized spacial score (nSPS) is 21.7. The maximum Gasteiger partial charge on any atom is 0.309 e. The van der Waals surface area contributed by atoms with Crippen LogP contribution in [0, 0.1) is 24.5 Å². The number of fused-ring (bicyclic) bond motifs is 1. The lowest BCUT2D eigenvalue weighted by Gasteiger charge is -2.42. The molecule has 1 atom stereocenters. The van der Waals surface area contributed by atoms with Gasteiger partial charge in [-0.15, -0.1) is 0 Å². The summed E-state index contributed by atoms with van der Waals surface area (Å²) in [5.74, 6) is -3.36. The molecule has 2 N–H and O–H groups in total. The number of anilines is 1. The molecule has 1 unspecified atom stereocenters. The van der Waals surface area contributed by atoms with E-state index in [1.165, 1.54) is 6.07 Å². The Morgan fingerprint density at radius 1 is 1.30 bits per heavy atom. The minimum Gasteiger partial charge on any atom is -0.481 e. The predicted molar refractivity (Wildman–Crippen MR) is 94.5 cm³/mol. The molecule has 2 aliphatic rings. The maximum atomic E-state index is 14.2. The van der Waals surface area contributed by atoms with Crippen molar-refractivity contribution < 1.29 is 23.5 Å². The van der Waals surface area contributed by atoms with Crippen molar-refractivity contribution in [3.63, 3.8) is 0 Å². The third kappa shape index (κ3) is 2.89. The molecule has 0 saturated carbocycles. The van der Waals surface area contributed by atoms with Crippen LogP contribution in [-0.2, 0) is 9.59 Å². The first kappa shape index (κ1) is 17.6. The van der Waals surface area contributed by atoms with Gasteiger partial charge in [-0.2, -0.15) is 0 Å². The smallest absolute Gasteiger partial charge is 0.309 e. The number of nitrogens with zero attached hydrogens (tertiary/aromatic N) is 2. The van der Waals surface area contributed by atoms with Crippen molar-refractivity contribution >= 4 is 28.5 Å². The Labute approximate surface area is 154 Å². The molecule has 0 radical (unpaired) electrons. The van der Waals surface area contributed by atoms with Gasteiger partial charge in [-0.25, -0.2) is 13.8 Å². The number of carboxylic acid groups (broad SMARTS) is 1. The first-order valence-electron chi connectivity index (χ1n) is 8.84. The number of rotatable bonds is 2. The predicted octanol–water partition coefficient (Wildman–Crippen LogP) is 2.38. The molecule has 2 fully saturated rings. The Morgan fingerprint density at radius 2 is 2.00 bits per heavy atom. The van der Waals surface area contributed by atoms with E-state index < -0.39 is 29.1 Å². The largest absolute Gasteiger partial charge is 0.481 e. The number of hydrogen-bond acceptors (Lipinski definition) is 4. The van der Waals surface area contributed by atoms with Crippen molar-refractivity contribution in [3.8, 4) is 0 Å². The Bertz CT molecular complexity index is 955. The molecule has 2 aliphatic heterocycles. The number of aromatic nitrogens is 1. The number of halogens is 2. The molecule has 2 aromatic rings. The molecule has 142 valence electrons. The number of amides is 1. The maximum absolute atomic E-state index is 14.2. The molecule has 1 aromatic carbocycles. The Morgan fingerprint density at radius 3 is 2.67 bits per heavy atom. The van der Waals surface area contributed by atoms with Gasteiger partial charge in [-0.1, -0.05) is 0 Å². The van der Waals surface area contributed by atoms with Gasteiger partial charge in [0.1, 0.15) is 11.3 Å². The van der Waals surface area contributed by atoms with E-state index in [4.69, 9.17) is 0 Å². The van der Waals surface area contributed by atoms with Gasteiger partial charge in [0.2, 0.25) is 5.91 Å². The quantitative estimate of drug-likeness (QED) is 0.842. The molecule has 4 rings (SSSR count). The molecule has 0 bridgehead atoms. The molecular weight excluding hydrogens is 356 g/mol. The summed E-state index contributed by atoms with van der Waals surface area (Å²) < 4.78 is 27.9. The molecule has 6 nitrogen and oxygen atoms in total. The van der Waals surface area contributed by atoms with E-state index in [1.54, 1.807) is 13.0 Å². The summed E-state index contributed by atoms with van der Waals surface area (Å²) in [5, 5.41) is 12.7. The fraction of sp³-hybridized carbons (Fsp3) is 0.421. The van der Waals surface area contributed by atoms with E-state index in [0.29, 0.717) is 42.7 Å². The minimum absolute atomic E-state index is 0.0109. The topological polar surface area (TPSA) is 82.5 Å². The second-order valence-corrected chi connectivity index (χ2v) is 7.35. The second-order valence-electron chi connectivity index (χ2n) is 7.35. The summed E-state index contributed by atoms with van der Waals surface area (Å²) in [6, 6.07) is 3.86. The average molecular weight is 375 g/mol. The first-order valence-corrected chi connectivity index (χ1v) is 8.84. The van der Waals surface area contributed by atoms with Crippen LogP contribution in [0.25, 0.3) is 10.9 Å². The molecule has 27 heavy (non-hydrogen) atoms. The number of carbonyl (C=O) groups is 2. The molecule has 0 aliphatic carbocycles. The molecule has 1 aromatic heterocycles. The van der Waals surface area contributed by atoms with Crippen LogP contribution in [0.2, 0.25) is 0 Å². The SMILES string of the molecule is Cc1cc(N2CCC3(CC2)NC(=O)CC3C(=O)O)c2cc(F)cc(F)c2n1. The monoisotopic (exact) mass is 375 g/mol. The van der Waals surface area contributed by atoms with Gasteiger partial charge in [0.25, 0.3) is 0 Å². The van der Waals surface area contributed by atoms with Crippen molar-refractivity contribution in [1.29, 1.82) is 0 Å².